The lowest BCUT2D eigenvalue weighted by Crippen LogP contribution is -2.02. The molecule has 1 aromatic heterocycles. The van der Waals surface area contributed by atoms with Crippen LogP contribution >= 0.6 is 0 Å². The third-order valence-corrected chi connectivity index (χ3v) is 1.44. The molecule has 0 aromatic carbocycles. The van der Waals surface area contributed by atoms with Gasteiger partial charge in [0.15, 0.2) is 0 Å². The Hall–Kier alpha value is -1.52. The second-order valence-electron chi connectivity index (χ2n) is 2.44. The van der Waals surface area contributed by atoms with E-state index in [9.17, 15) is 13.6 Å². The second kappa shape index (κ2) is 3.93. The summed E-state index contributed by atoms with van der Waals surface area (Å²) in [6.07, 6.45) is -1.83. The second-order valence-corrected chi connectivity index (χ2v) is 2.44. The molecule has 0 spiro atoms. The van der Waals surface area contributed by atoms with E-state index in [0.29, 0.717) is 0 Å². The lowest BCUT2D eigenvalue weighted by Gasteiger charge is -1.99. The van der Waals surface area contributed by atoms with E-state index in [1.165, 1.54) is 12.1 Å². The highest BCUT2D eigenvalue weighted by Gasteiger charge is 2.07. The molecule has 1 heterocycles. The first kappa shape index (κ1) is 9.57. The number of hydrogen-bond donors (Lipinski definition) is 1. The topological polar surface area (TPSA) is 50.2 Å². The predicted octanol–water partition coefficient (Wildman–Crippen LogP) is 1.59. The number of carboxylic acid groups (broad SMARTS) is 1. The summed E-state index contributed by atoms with van der Waals surface area (Å²) in [5, 5.41) is 8.47. The van der Waals surface area contributed by atoms with Crippen LogP contribution in [-0.2, 0) is 6.42 Å². The van der Waals surface area contributed by atoms with E-state index in [2.05, 4.69) is 4.98 Å². The number of pyridine rings is 1. The summed E-state index contributed by atoms with van der Waals surface area (Å²) < 4.78 is 23.6. The van der Waals surface area contributed by atoms with Crippen LogP contribution in [0.1, 0.15) is 16.1 Å². The smallest absolute Gasteiger partial charge is 0.337 e. The maximum Gasteiger partial charge on any atom is 0.337 e. The van der Waals surface area contributed by atoms with Crippen molar-refractivity contribution in [3.8, 4) is 0 Å². The first-order valence-corrected chi connectivity index (χ1v) is 3.56. The lowest BCUT2D eigenvalue weighted by atomic mass is 10.2. The van der Waals surface area contributed by atoms with Crippen molar-refractivity contribution in [2.24, 2.45) is 0 Å². The van der Waals surface area contributed by atoms with E-state index in [-0.39, 0.29) is 11.3 Å². The average molecular weight is 187 g/mol. The molecule has 0 atom stereocenters. The number of alkyl halides is 2. The number of carbonyl (C=O) groups is 1. The van der Waals surface area contributed by atoms with Gasteiger partial charge in [0.1, 0.15) is 0 Å². The number of rotatable bonds is 3. The Labute approximate surface area is 73.0 Å². The third-order valence-electron chi connectivity index (χ3n) is 1.44. The van der Waals surface area contributed by atoms with Crippen LogP contribution in [0.3, 0.4) is 0 Å². The molecular formula is C8H7F2NO2. The minimum Gasteiger partial charge on any atom is -0.478 e. The Morgan fingerprint density at radius 2 is 2.23 bits per heavy atom. The van der Waals surface area contributed by atoms with Crippen LogP contribution in [0.2, 0.25) is 0 Å². The minimum absolute atomic E-state index is 0.00184. The highest BCUT2D eigenvalue weighted by Crippen LogP contribution is 2.05. The normalized spacial score (nSPS) is 10.4. The van der Waals surface area contributed by atoms with Crippen LogP contribution in [0, 0.1) is 0 Å². The average Bonchev–Trinajstić information content (AvgIpc) is 2.04. The first-order chi connectivity index (χ1) is 6.09. The van der Waals surface area contributed by atoms with Gasteiger partial charge in [-0.1, -0.05) is 0 Å². The lowest BCUT2D eigenvalue weighted by molar-refractivity contribution is 0.0696. The van der Waals surface area contributed by atoms with Crippen LogP contribution in [0.4, 0.5) is 8.78 Å². The van der Waals surface area contributed by atoms with Gasteiger partial charge < -0.3 is 5.11 Å². The van der Waals surface area contributed by atoms with Gasteiger partial charge in [0.05, 0.1) is 12.0 Å². The van der Waals surface area contributed by atoms with E-state index in [1.807, 2.05) is 0 Å². The Morgan fingerprint density at radius 1 is 1.54 bits per heavy atom. The van der Waals surface area contributed by atoms with Crippen LogP contribution in [0.25, 0.3) is 0 Å². The van der Waals surface area contributed by atoms with Gasteiger partial charge in [0, 0.05) is 11.9 Å². The summed E-state index contributed by atoms with van der Waals surface area (Å²) in [6, 6.07) is 2.54. The molecule has 0 amide bonds. The molecule has 5 heteroatoms. The van der Waals surface area contributed by atoms with Crippen LogP contribution in [0.5, 0.6) is 0 Å². The van der Waals surface area contributed by atoms with E-state index in [1.54, 1.807) is 0 Å². The van der Waals surface area contributed by atoms with Gasteiger partial charge in [-0.15, -0.1) is 0 Å². The molecule has 3 nitrogen and oxygen atoms in total. The quantitative estimate of drug-likeness (QED) is 0.781. The predicted molar refractivity (Wildman–Crippen MR) is 40.9 cm³/mol. The molecule has 1 N–H and O–H groups in total. The van der Waals surface area contributed by atoms with Gasteiger partial charge in [-0.3, -0.25) is 4.98 Å². The van der Waals surface area contributed by atoms with Crippen molar-refractivity contribution in [3.63, 3.8) is 0 Å². The van der Waals surface area contributed by atoms with Crippen LogP contribution in [-0.4, -0.2) is 22.5 Å². The highest BCUT2D eigenvalue weighted by atomic mass is 19.3. The summed E-state index contributed by atoms with van der Waals surface area (Å²) in [5.74, 6) is -1.11. The molecule has 1 rings (SSSR count). The van der Waals surface area contributed by atoms with E-state index >= 15 is 0 Å². The molecule has 0 radical (unpaired) electrons. The zero-order chi connectivity index (χ0) is 9.84. The van der Waals surface area contributed by atoms with Gasteiger partial charge in [0.2, 0.25) is 6.43 Å². The molecule has 13 heavy (non-hydrogen) atoms. The summed E-state index contributed by atoms with van der Waals surface area (Å²) in [7, 11) is 0. The number of carboxylic acids is 1. The van der Waals surface area contributed by atoms with Crippen molar-refractivity contribution in [1.82, 2.24) is 4.98 Å². The molecule has 0 aliphatic rings. The largest absolute Gasteiger partial charge is 0.478 e. The van der Waals surface area contributed by atoms with Crippen molar-refractivity contribution < 1.29 is 18.7 Å². The third kappa shape index (κ3) is 2.77. The zero-order valence-electron chi connectivity index (χ0n) is 6.58. The molecule has 0 bridgehead atoms. The van der Waals surface area contributed by atoms with Crippen LogP contribution in [0.15, 0.2) is 18.3 Å². The molecule has 0 aliphatic heterocycles. The molecule has 70 valence electrons. The highest BCUT2D eigenvalue weighted by molar-refractivity contribution is 5.87. The molecule has 1 aromatic rings. The van der Waals surface area contributed by atoms with Crippen molar-refractivity contribution >= 4 is 5.97 Å². The van der Waals surface area contributed by atoms with E-state index in [4.69, 9.17) is 5.11 Å². The number of hydrogen-bond acceptors (Lipinski definition) is 2. The molecular weight excluding hydrogens is 180 g/mol. The summed E-state index contributed by atoms with van der Waals surface area (Å²) in [6.45, 7) is 0. The fourth-order valence-electron chi connectivity index (χ4n) is 0.830. The Morgan fingerprint density at radius 3 is 2.62 bits per heavy atom. The van der Waals surface area contributed by atoms with Gasteiger partial charge >= 0.3 is 5.97 Å². The Kier molecular flexibility index (Phi) is 2.89. The van der Waals surface area contributed by atoms with E-state index in [0.717, 1.165) is 6.20 Å². The molecule has 0 saturated carbocycles. The molecule has 0 aliphatic carbocycles. The van der Waals surface area contributed by atoms with E-state index < -0.39 is 18.8 Å². The van der Waals surface area contributed by atoms with Gasteiger partial charge in [-0.05, 0) is 12.1 Å². The number of aromatic nitrogens is 1. The summed E-state index contributed by atoms with van der Waals surface area (Å²) in [4.78, 5) is 13.9. The first-order valence-electron chi connectivity index (χ1n) is 3.56. The SMILES string of the molecule is O=C(O)c1ccc(CC(F)F)nc1. The Bertz CT molecular complexity index is 298. The van der Waals surface area contributed by atoms with Crippen molar-refractivity contribution in [1.29, 1.82) is 0 Å². The summed E-state index contributed by atoms with van der Waals surface area (Å²) >= 11 is 0. The van der Waals surface area contributed by atoms with Crippen molar-refractivity contribution in [2.45, 2.75) is 12.8 Å². The monoisotopic (exact) mass is 187 g/mol. The standard InChI is InChI=1S/C8H7F2NO2/c9-7(10)3-6-2-1-5(4-11-6)8(12)13/h1-2,4,7H,3H2,(H,12,13). The van der Waals surface area contributed by atoms with Gasteiger partial charge in [-0.25, -0.2) is 13.6 Å². The van der Waals surface area contributed by atoms with Gasteiger partial charge in [-0.2, -0.15) is 0 Å². The molecule has 0 fully saturated rings. The number of halogens is 2. The number of nitrogens with zero attached hydrogens (tertiary/aromatic N) is 1. The fraction of sp³-hybridized carbons (Fsp3) is 0.250. The summed E-state index contributed by atoms with van der Waals surface area (Å²) in [5.41, 5.74) is 0.193. The van der Waals surface area contributed by atoms with Crippen molar-refractivity contribution in [2.75, 3.05) is 0 Å². The number of aromatic carboxylic acids is 1. The van der Waals surface area contributed by atoms with Crippen molar-refractivity contribution in [3.05, 3.63) is 29.6 Å². The molecule has 0 saturated heterocycles. The fourth-order valence-corrected chi connectivity index (χ4v) is 0.830. The maximum absolute atomic E-state index is 11.8. The van der Waals surface area contributed by atoms with Crippen LogP contribution < -0.4 is 0 Å². The maximum atomic E-state index is 11.8. The zero-order valence-corrected chi connectivity index (χ0v) is 6.58. The molecule has 0 unspecified atom stereocenters. The van der Waals surface area contributed by atoms with Gasteiger partial charge in [0.25, 0.3) is 0 Å². The minimum atomic E-state index is -2.46. The Balaban J connectivity index is 2.75.